The summed E-state index contributed by atoms with van der Waals surface area (Å²) in [4.78, 5) is 33.2. The molecule has 8 nitrogen and oxygen atoms in total. The highest BCUT2D eigenvalue weighted by Gasteiger charge is 2.14. The quantitative estimate of drug-likeness (QED) is 0.457. The van der Waals surface area contributed by atoms with Gasteiger partial charge in [-0.3, -0.25) is 9.59 Å². The molecule has 4 rings (SSSR count). The number of nitrogens with zero attached hydrogens (tertiary/aromatic N) is 4. The van der Waals surface area contributed by atoms with Crippen LogP contribution in [0.1, 0.15) is 40.1 Å². The van der Waals surface area contributed by atoms with Gasteiger partial charge in [-0.25, -0.2) is 14.6 Å². The van der Waals surface area contributed by atoms with E-state index in [4.69, 9.17) is 0 Å². The van der Waals surface area contributed by atoms with E-state index in [2.05, 4.69) is 25.7 Å². The van der Waals surface area contributed by atoms with Gasteiger partial charge in [0, 0.05) is 11.8 Å². The van der Waals surface area contributed by atoms with E-state index in [0.29, 0.717) is 16.9 Å². The molecule has 2 heterocycles. The van der Waals surface area contributed by atoms with Crippen molar-refractivity contribution in [2.75, 3.05) is 5.32 Å². The van der Waals surface area contributed by atoms with Gasteiger partial charge in [-0.05, 0) is 43.7 Å². The summed E-state index contributed by atoms with van der Waals surface area (Å²) >= 11 is 0. The van der Waals surface area contributed by atoms with Crippen molar-refractivity contribution in [1.82, 2.24) is 25.1 Å². The number of rotatable bonds is 7. The molecule has 0 aliphatic rings. The van der Waals surface area contributed by atoms with Crippen LogP contribution >= 0.6 is 0 Å². The maximum Gasteiger partial charge on any atom is 0.251 e. The molecule has 0 saturated heterocycles. The molecule has 2 amide bonds. The van der Waals surface area contributed by atoms with Crippen LogP contribution in [0.25, 0.3) is 5.69 Å². The highest BCUT2D eigenvalue weighted by atomic mass is 16.2. The van der Waals surface area contributed by atoms with E-state index < -0.39 is 0 Å². The molecule has 0 spiro atoms. The van der Waals surface area contributed by atoms with Gasteiger partial charge in [0.2, 0.25) is 5.91 Å². The van der Waals surface area contributed by atoms with E-state index >= 15 is 0 Å². The second-order valence-corrected chi connectivity index (χ2v) is 7.77. The molecule has 33 heavy (non-hydrogen) atoms. The van der Waals surface area contributed by atoms with E-state index in [1.807, 2.05) is 44.2 Å². The molecule has 2 N–H and O–H groups in total. The van der Waals surface area contributed by atoms with Crippen molar-refractivity contribution in [3.63, 3.8) is 0 Å². The molecule has 0 saturated carbocycles. The average Bonchev–Trinajstić information content (AvgIpc) is 3.28. The summed E-state index contributed by atoms with van der Waals surface area (Å²) in [7, 11) is 0. The monoisotopic (exact) mass is 440 g/mol. The molecule has 4 aromatic rings. The van der Waals surface area contributed by atoms with Gasteiger partial charge in [0.15, 0.2) is 0 Å². The summed E-state index contributed by atoms with van der Waals surface area (Å²) in [6, 6.07) is 16.5. The van der Waals surface area contributed by atoms with Crippen LogP contribution in [0.3, 0.4) is 0 Å². The fourth-order valence-electron chi connectivity index (χ4n) is 3.44. The molecular weight excluding hydrogens is 416 g/mol. The first-order chi connectivity index (χ1) is 16.0. The maximum absolute atomic E-state index is 12.7. The Bertz CT molecular complexity index is 1270. The van der Waals surface area contributed by atoms with Gasteiger partial charge in [-0.2, -0.15) is 5.10 Å². The number of nitrogens with one attached hydrogen (secondary N) is 2. The fraction of sp³-hybridized carbons (Fsp3) is 0.160. The Labute approximate surface area is 191 Å². The van der Waals surface area contributed by atoms with E-state index in [-0.39, 0.29) is 24.3 Å². The zero-order valence-corrected chi connectivity index (χ0v) is 18.4. The summed E-state index contributed by atoms with van der Waals surface area (Å²) in [6.07, 6.45) is 6.67. The normalized spacial score (nSPS) is 11.6. The van der Waals surface area contributed by atoms with Gasteiger partial charge >= 0.3 is 0 Å². The third-order valence-corrected chi connectivity index (χ3v) is 5.08. The number of carbonyl (C=O) groups excluding carboxylic acids is 2. The van der Waals surface area contributed by atoms with E-state index in [9.17, 15) is 9.59 Å². The van der Waals surface area contributed by atoms with Crippen LogP contribution in [0.4, 0.5) is 5.69 Å². The highest BCUT2D eigenvalue weighted by Crippen LogP contribution is 2.16. The number of carbonyl (C=O) groups is 2. The van der Waals surface area contributed by atoms with E-state index in [1.54, 1.807) is 47.5 Å². The Balaban J connectivity index is 1.41. The Morgan fingerprint density at radius 3 is 2.73 bits per heavy atom. The number of benzene rings is 2. The lowest BCUT2D eigenvalue weighted by Gasteiger charge is -2.13. The Morgan fingerprint density at radius 2 is 1.94 bits per heavy atom. The molecule has 0 radical (unpaired) electrons. The van der Waals surface area contributed by atoms with Crippen molar-refractivity contribution in [1.29, 1.82) is 0 Å². The molecule has 0 fully saturated rings. The number of aryl methyl sites for hydroxylation is 1. The third-order valence-electron chi connectivity index (χ3n) is 5.08. The van der Waals surface area contributed by atoms with Gasteiger partial charge in [0.05, 0.1) is 41.9 Å². The van der Waals surface area contributed by atoms with Crippen LogP contribution < -0.4 is 10.6 Å². The molecule has 8 heteroatoms. The first-order valence-electron chi connectivity index (χ1n) is 10.6. The zero-order valence-electron chi connectivity index (χ0n) is 18.4. The number of aromatic nitrogens is 4. The average molecular weight is 441 g/mol. The number of hydrogen-bond acceptors (Lipinski definition) is 5. The standard InChI is InChI=1S/C25H24N6O2/c1-17-5-3-6-19(11-17)12-24(32)30-21-14-28-31(15-21)22-8-4-7-20(13-22)25(33)29-18(2)23-9-10-26-16-27-23/h3-11,13-16,18H,12H2,1-2H3,(H,29,33)(H,30,32)/t18-/m1/s1. The van der Waals surface area contributed by atoms with Crippen molar-refractivity contribution in [3.05, 3.63) is 102 Å². The second-order valence-electron chi connectivity index (χ2n) is 7.77. The topological polar surface area (TPSA) is 102 Å². The van der Waals surface area contributed by atoms with Crippen molar-refractivity contribution < 1.29 is 9.59 Å². The van der Waals surface area contributed by atoms with Crippen LogP contribution in [0.5, 0.6) is 0 Å². The van der Waals surface area contributed by atoms with Crippen LogP contribution in [-0.4, -0.2) is 31.6 Å². The Kier molecular flexibility index (Phi) is 6.54. The van der Waals surface area contributed by atoms with Gasteiger partial charge in [-0.15, -0.1) is 0 Å². The van der Waals surface area contributed by atoms with Crippen LogP contribution in [0.15, 0.2) is 79.5 Å². The maximum atomic E-state index is 12.7. The molecule has 0 aliphatic heterocycles. The number of anilines is 1. The lowest BCUT2D eigenvalue weighted by Crippen LogP contribution is -2.27. The van der Waals surface area contributed by atoms with Gasteiger partial charge in [0.25, 0.3) is 5.91 Å². The lowest BCUT2D eigenvalue weighted by atomic mass is 10.1. The van der Waals surface area contributed by atoms with Crippen molar-refractivity contribution in [3.8, 4) is 5.69 Å². The van der Waals surface area contributed by atoms with Crippen LogP contribution in [-0.2, 0) is 11.2 Å². The van der Waals surface area contributed by atoms with Gasteiger partial charge in [0.1, 0.15) is 6.33 Å². The zero-order chi connectivity index (χ0) is 23.2. The fourth-order valence-corrected chi connectivity index (χ4v) is 3.44. The SMILES string of the molecule is Cc1cccc(CC(=O)Nc2cnn(-c3cccc(C(=O)N[C@H](C)c4ccncn4)c3)c2)c1. The number of amides is 2. The second kappa shape index (κ2) is 9.86. The molecule has 0 unspecified atom stereocenters. The molecule has 166 valence electrons. The van der Waals surface area contributed by atoms with Gasteiger partial charge < -0.3 is 10.6 Å². The van der Waals surface area contributed by atoms with Crippen molar-refractivity contribution >= 4 is 17.5 Å². The minimum absolute atomic E-state index is 0.119. The van der Waals surface area contributed by atoms with E-state index in [0.717, 1.165) is 16.8 Å². The summed E-state index contributed by atoms with van der Waals surface area (Å²) in [5.41, 5.74) is 4.58. The molecular formula is C25H24N6O2. The summed E-state index contributed by atoms with van der Waals surface area (Å²) in [5, 5.41) is 10.1. The summed E-state index contributed by atoms with van der Waals surface area (Å²) in [5.74, 6) is -0.339. The molecule has 0 aliphatic carbocycles. The predicted octanol–water partition coefficient (Wildman–Crippen LogP) is 3.64. The van der Waals surface area contributed by atoms with Crippen molar-refractivity contribution in [2.24, 2.45) is 0 Å². The smallest absolute Gasteiger partial charge is 0.251 e. The minimum Gasteiger partial charge on any atom is -0.344 e. The predicted molar refractivity (Wildman–Crippen MR) is 125 cm³/mol. The largest absolute Gasteiger partial charge is 0.344 e. The summed E-state index contributed by atoms with van der Waals surface area (Å²) in [6.45, 7) is 3.86. The Hall–Kier alpha value is -4.33. The minimum atomic E-state index is -0.260. The number of hydrogen-bond donors (Lipinski definition) is 2. The molecule has 1 atom stereocenters. The van der Waals surface area contributed by atoms with Crippen molar-refractivity contribution in [2.45, 2.75) is 26.3 Å². The first-order valence-corrected chi connectivity index (χ1v) is 10.6. The Morgan fingerprint density at radius 1 is 1.09 bits per heavy atom. The summed E-state index contributed by atoms with van der Waals surface area (Å²) < 4.78 is 1.62. The first kappa shape index (κ1) is 21.9. The third kappa shape index (κ3) is 5.68. The molecule has 2 aromatic carbocycles. The highest BCUT2D eigenvalue weighted by molar-refractivity contribution is 5.95. The van der Waals surface area contributed by atoms with E-state index in [1.165, 1.54) is 6.33 Å². The van der Waals surface area contributed by atoms with Crippen LogP contribution in [0.2, 0.25) is 0 Å². The van der Waals surface area contributed by atoms with Crippen LogP contribution in [0, 0.1) is 6.92 Å². The van der Waals surface area contributed by atoms with Gasteiger partial charge in [-0.1, -0.05) is 35.9 Å². The lowest BCUT2D eigenvalue weighted by molar-refractivity contribution is -0.115. The molecule has 2 aromatic heterocycles. The molecule has 0 bridgehead atoms.